The summed E-state index contributed by atoms with van der Waals surface area (Å²) >= 11 is 3.42. The second kappa shape index (κ2) is 8.40. The number of allylic oxidation sites excluding steroid dienone is 1. The molecule has 0 saturated heterocycles. The maximum atomic E-state index is 6.13. The molecule has 3 nitrogen and oxygen atoms in total. The third-order valence-electron chi connectivity index (χ3n) is 2.59. The van der Waals surface area contributed by atoms with Crippen LogP contribution in [0.5, 0.6) is 11.5 Å². The van der Waals surface area contributed by atoms with Crippen LogP contribution in [0.15, 0.2) is 29.3 Å². The van der Waals surface area contributed by atoms with Crippen LogP contribution in [0.2, 0.25) is 0 Å². The fraction of sp³-hybridized carbons (Fsp3) is 0.385. The molecular formula is C13H19BrClNO2. The monoisotopic (exact) mass is 335 g/mol. The number of nitrogens with two attached hydrogens (primary N) is 1. The van der Waals surface area contributed by atoms with Gasteiger partial charge in [-0.05, 0) is 40.9 Å². The number of halogens is 2. The van der Waals surface area contributed by atoms with Crippen LogP contribution in [-0.2, 0) is 0 Å². The molecule has 0 radical (unpaired) electrons. The highest BCUT2D eigenvalue weighted by Gasteiger charge is 2.15. The van der Waals surface area contributed by atoms with E-state index in [1.807, 2.05) is 18.2 Å². The summed E-state index contributed by atoms with van der Waals surface area (Å²) in [5.74, 6) is 1.53. The Hall–Kier alpha value is -0.710. The number of rotatable bonds is 6. The van der Waals surface area contributed by atoms with Crippen LogP contribution in [0.4, 0.5) is 0 Å². The molecule has 0 saturated carbocycles. The molecule has 18 heavy (non-hydrogen) atoms. The second-order valence-electron chi connectivity index (χ2n) is 3.70. The van der Waals surface area contributed by atoms with Crippen molar-refractivity contribution in [2.24, 2.45) is 5.73 Å². The Morgan fingerprint density at radius 3 is 2.44 bits per heavy atom. The normalized spacial score (nSPS) is 11.3. The molecule has 0 heterocycles. The van der Waals surface area contributed by atoms with Gasteiger partial charge < -0.3 is 15.2 Å². The lowest BCUT2D eigenvalue weighted by molar-refractivity contribution is 0.392. The molecule has 102 valence electrons. The van der Waals surface area contributed by atoms with E-state index in [0.29, 0.717) is 0 Å². The second-order valence-corrected chi connectivity index (χ2v) is 4.56. The van der Waals surface area contributed by atoms with Crippen LogP contribution in [0.1, 0.15) is 24.4 Å². The van der Waals surface area contributed by atoms with E-state index in [1.54, 1.807) is 14.2 Å². The standard InChI is InChI=1S/C13H18BrNO2.ClH/c1-4-5-6-11(15)9-7-13(17-3)10(14)8-12(9)16-2;/h4,7-8,11H,1,5-6,15H2,2-3H3;1H/t11-;/m1./s1. The van der Waals surface area contributed by atoms with Gasteiger partial charge in [0.25, 0.3) is 0 Å². The molecule has 0 aromatic heterocycles. The molecule has 0 aliphatic heterocycles. The highest BCUT2D eigenvalue weighted by molar-refractivity contribution is 9.10. The molecule has 0 aliphatic carbocycles. The van der Waals surface area contributed by atoms with Crippen LogP contribution >= 0.6 is 28.3 Å². The summed E-state index contributed by atoms with van der Waals surface area (Å²) in [5.41, 5.74) is 7.09. The van der Waals surface area contributed by atoms with Gasteiger partial charge in [0.15, 0.2) is 0 Å². The first-order valence-electron chi connectivity index (χ1n) is 5.42. The third kappa shape index (κ3) is 4.19. The smallest absolute Gasteiger partial charge is 0.133 e. The van der Waals surface area contributed by atoms with Gasteiger partial charge >= 0.3 is 0 Å². The Labute approximate surface area is 123 Å². The maximum Gasteiger partial charge on any atom is 0.133 e. The molecule has 1 atom stereocenters. The van der Waals surface area contributed by atoms with Crippen molar-refractivity contribution in [3.05, 3.63) is 34.8 Å². The molecule has 0 aliphatic rings. The first-order chi connectivity index (χ1) is 8.13. The van der Waals surface area contributed by atoms with Gasteiger partial charge in [-0.1, -0.05) is 6.08 Å². The summed E-state index contributed by atoms with van der Waals surface area (Å²) in [6.07, 6.45) is 3.58. The molecule has 1 rings (SSSR count). The van der Waals surface area contributed by atoms with Crippen molar-refractivity contribution >= 4 is 28.3 Å². The summed E-state index contributed by atoms with van der Waals surface area (Å²) in [5, 5.41) is 0. The van der Waals surface area contributed by atoms with E-state index in [0.717, 1.165) is 34.4 Å². The summed E-state index contributed by atoms with van der Waals surface area (Å²) < 4.78 is 11.5. The van der Waals surface area contributed by atoms with Gasteiger partial charge in [-0.15, -0.1) is 19.0 Å². The summed E-state index contributed by atoms with van der Waals surface area (Å²) in [4.78, 5) is 0. The molecule has 0 fully saturated rings. The Balaban J connectivity index is 0.00000289. The van der Waals surface area contributed by atoms with Gasteiger partial charge in [0, 0.05) is 11.6 Å². The van der Waals surface area contributed by atoms with Crippen LogP contribution in [-0.4, -0.2) is 14.2 Å². The topological polar surface area (TPSA) is 44.5 Å². The average molecular weight is 337 g/mol. The molecular weight excluding hydrogens is 318 g/mol. The molecule has 1 aromatic carbocycles. The van der Waals surface area contributed by atoms with Gasteiger partial charge in [0.1, 0.15) is 11.5 Å². The molecule has 2 N–H and O–H groups in total. The highest BCUT2D eigenvalue weighted by Crippen LogP contribution is 2.36. The summed E-state index contributed by atoms with van der Waals surface area (Å²) in [6.45, 7) is 3.70. The van der Waals surface area contributed by atoms with Crippen molar-refractivity contribution in [2.75, 3.05) is 14.2 Å². The van der Waals surface area contributed by atoms with Gasteiger partial charge in [0.2, 0.25) is 0 Å². The minimum absolute atomic E-state index is 0. The van der Waals surface area contributed by atoms with Crippen molar-refractivity contribution < 1.29 is 9.47 Å². The van der Waals surface area contributed by atoms with Gasteiger partial charge in [0.05, 0.1) is 18.7 Å². The Morgan fingerprint density at radius 2 is 1.94 bits per heavy atom. The summed E-state index contributed by atoms with van der Waals surface area (Å²) in [7, 11) is 3.27. The molecule has 1 aromatic rings. The van der Waals surface area contributed by atoms with E-state index < -0.39 is 0 Å². The van der Waals surface area contributed by atoms with Crippen molar-refractivity contribution in [1.29, 1.82) is 0 Å². The molecule has 0 bridgehead atoms. The van der Waals surface area contributed by atoms with Gasteiger partial charge in [-0.3, -0.25) is 0 Å². The van der Waals surface area contributed by atoms with E-state index >= 15 is 0 Å². The van der Waals surface area contributed by atoms with E-state index in [-0.39, 0.29) is 18.4 Å². The minimum atomic E-state index is -0.0788. The largest absolute Gasteiger partial charge is 0.496 e. The average Bonchev–Trinajstić information content (AvgIpc) is 2.35. The van der Waals surface area contributed by atoms with Gasteiger partial charge in [-0.25, -0.2) is 0 Å². The SMILES string of the molecule is C=CCC[C@@H](N)c1cc(OC)c(Br)cc1OC.Cl. The first-order valence-corrected chi connectivity index (χ1v) is 6.21. The van der Waals surface area contributed by atoms with Crippen molar-refractivity contribution in [1.82, 2.24) is 0 Å². The number of ether oxygens (including phenoxy) is 2. The number of methoxy groups -OCH3 is 2. The predicted octanol–water partition coefficient (Wildman–Crippen LogP) is 3.85. The first kappa shape index (κ1) is 17.3. The zero-order valence-electron chi connectivity index (χ0n) is 10.6. The van der Waals surface area contributed by atoms with Crippen LogP contribution in [0.25, 0.3) is 0 Å². The minimum Gasteiger partial charge on any atom is -0.496 e. The maximum absolute atomic E-state index is 6.13. The number of benzene rings is 1. The number of hydrogen-bond donors (Lipinski definition) is 1. The molecule has 5 heteroatoms. The third-order valence-corrected chi connectivity index (χ3v) is 3.21. The molecule has 0 amide bonds. The number of hydrogen-bond acceptors (Lipinski definition) is 3. The molecule has 0 spiro atoms. The van der Waals surface area contributed by atoms with Crippen molar-refractivity contribution in [3.63, 3.8) is 0 Å². The lowest BCUT2D eigenvalue weighted by Crippen LogP contribution is -2.11. The Morgan fingerprint density at radius 1 is 1.33 bits per heavy atom. The quantitative estimate of drug-likeness (QED) is 0.802. The fourth-order valence-electron chi connectivity index (χ4n) is 1.63. The molecule has 0 unspecified atom stereocenters. The lowest BCUT2D eigenvalue weighted by Gasteiger charge is -2.17. The highest BCUT2D eigenvalue weighted by atomic mass is 79.9. The summed E-state index contributed by atoms with van der Waals surface area (Å²) in [6, 6.07) is 3.71. The zero-order chi connectivity index (χ0) is 12.8. The van der Waals surface area contributed by atoms with Crippen molar-refractivity contribution in [2.45, 2.75) is 18.9 Å². The zero-order valence-corrected chi connectivity index (χ0v) is 13.0. The predicted molar refractivity (Wildman–Crippen MR) is 80.9 cm³/mol. The van der Waals surface area contributed by atoms with Crippen LogP contribution < -0.4 is 15.2 Å². The van der Waals surface area contributed by atoms with E-state index in [1.165, 1.54) is 0 Å². The van der Waals surface area contributed by atoms with Gasteiger partial charge in [-0.2, -0.15) is 0 Å². The lowest BCUT2D eigenvalue weighted by atomic mass is 10.0. The Bertz CT molecular complexity index is 399. The van der Waals surface area contributed by atoms with Crippen LogP contribution in [0.3, 0.4) is 0 Å². The van der Waals surface area contributed by atoms with Crippen molar-refractivity contribution in [3.8, 4) is 11.5 Å². The Kier molecular flexibility index (Phi) is 8.07. The van der Waals surface area contributed by atoms with E-state index in [9.17, 15) is 0 Å². The van der Waals surface area contributed by atoms with E-state index in [2.05, 4.69) is 22.5 Å². The fourth-order valence-corrected chi connectivity index (χ4v) is 2.11. The van der Waals surface area contributed by atoms with E-state index in [4.69, 9.17) is 15.2 Å². The van der Waals surface area contributed by atoms with Crippen LogP contribution in [0, 0.1) is 0 Å².